The largest absolute Gasteiger partial charge is 0.493 e. The molecule has 0 saturated heterocycles. The molecule has 2 aromatic carbocycles. The van der Waals surface area contributed by atoms with Crippen molar-refractivity contribution in [3.05, 3.63) is 64.4 Å². The number of hydrogen-bond acceptors (Lipinski definition) is 7. The Kier molecular flexibility index (Phi) is 8.56. The number of methoxy groups -OCH3 is 2. The number of ether oxygens (including phenoxy) is 4. The van der Waals surface area contributed by atoms with Crippen LogP contribution >= 0.6 is 11.3 Å². The number of nitrogens with zero attached hydrogens (tertiary/aromatic N) is 1. The molecule has 1 aliphatic carbocycles. The number of hydrogen-bond donors (Lipinski definition) is 1. The molecule has 2 heterocycles. The molecule has 5 rings (SSSR count). The molecule has 2 aliphatic rings. The number of benzene rings is 2. The van der Waals surface area contributed by atoms with Crippen LogP contribution in [-0.4, -0.2) is 45.3 Å². The quantitative estimate of drug-likeness (QED) is 0.389. The minimum Gasteiger partial charge on any atom is -0.493 e. The first-order valence-corrected chi connectivity index (χ1v) is 14.2. The third-order valence-corrected chi connectivity index (χ3v) is 8.04. The lowest BCUT2D eigenvalue weighted by molar-refractivity contribution is -0.127. The third kappa shape index (κ3) is 6.14. The second kappa shape index (κ2) is 12.4. The summed E-state index contributed by atoms with van der Waals surface area (Å²) in [4.78, 5) is 30.7. The first-order chi connectivity index (χ1) is 19.1. The van der Waals surface area contributed by atoms with E-state index in [9.17, 15) is 9.59 Å². The van der Waals surface area contributed by atoms with Gasteiger partial charge < -0.3 is 24.3 Å². The van der Waals surface area contributed by atoms with Gasteiger partial charge in [0.05, 0.1) is 20.6 Å². The van der Waals surface area contributed by atoms with Crippen molar-refractivity contribution in [2.24, 2.45) is 0 Å². The Bertz CT molecular complexity index is 1290. The first-order valence-electron chi connectivity index (χ1n) is 13.3. The highest BCUT2D eigenvalue weighted by atomic mass is 32.1. The van der Waals surface area contributed by atoms with Crippen LogP contribution in [-0.2, 0) is 16.0 Å². The smallest absolute Gasteiger partial charge is 0.248 e. The number of thiophene rings is 1. The van der Waals surface area contributed by atoms with E-state index in [4.69, 9.17) is 18.9 Å². The predicted molar refractivity (Wildman–Crippen MR) is 150 cm³/mol. The molecular weight excluding hydrogens is 516 g/mol. The van der Waals surface area contributed by atoms with Crippen LogP contribution in [0.25, 0.3) is 0 Å². The van der Waals surface area contributed by atoms with Gasteiger partial charge in [0.2, 0.25) is 11.8 Å². The number of nitrogens with one attached hydrogen (secondary N) is 1. The Balaban J connectivity index is 1.60. The summed E-state index contributed by atoms with van der Waals surface area (Å²) < 4.78 is 22.6. The Morgan fingerprint density at radius 1 is 0.974 bits per heavy atom. The number of carbonyl (C=O) groups excluding carboxylic acids is 2. The van der Waals surface area contributed by atoms with E-state index in [1.165, 1.54) is 17.8 Å². The minimum absolute atomic E-state index is 0.0726. The van der Waals surface area contributed by atoms with Crippen molar-refractivity contribution in [2.45, 2.75) is 50.6 Å². The molecule has 1 fully saturated rings. The van der Waals surface area contributed by atoms with E-state index in [2.05, 4.69) is 5.32 Å². The van der Waals surface area contributed by atoms with Gasteiger partial charge in [0.15, 0.2) is 23.0 Å². The molecule has 0 bridgehead atoms. The molecule has 3 aromatic rings. The zero-order valence-electron chi connectivity index (χ0n) is 22.3. The van der Waals surface area contributed by atoms with Crippen molar-refractivity contribution in [1.82, 2.24) is 5.32 Å². The number of carbonyl (C=O) groups is 2. The van der Waals surface area contributed by atoms with Gasteiger partial charge in [0.1, 0.15) is 19.3 Å². The Morgan fingerprint density at radius 3 is 2.46 bits per heavy atom. The second-order valence-corrected chi connectivity index (χ2v) is 10.7. The second-order valence-electron chi connectivity index (χ2n) is 9.71. The summed E-state index contributed by atoms with van der Waals surface area (Å²) in [5.74, 6) is 1.76. The highest BCUT2D eigenvalue weighted by Gasteiger charge is 2.35. The normalized spacial score (nSPS) is 15.7. The first kappa shape index (κ1) is 26.9. The van der Waals surface area contributed by atoms with E-state index >= 15 is 0 Å². The van der Waals surface area contributed by atoms with Crippen molar-refractivity contribution in [1.29, 1.82) is 0 Å². The van der Waals surface area contributed by atoms with Crippen molar-refractivity contribution in [3.63, 3.8) is 0 Å². The van der Waals surface area contributed by atoms with E-state index in [0.29, 0.717) is 47.5 Å². The molecule has 8 nitrogen and oxygen atoms in total. The fourth-order valence-corrected chi connectivity index (χ4v) is 5.93. The summed E-state index contributed by atoms with van der Waals surface area (Å²) in [6.07, 6.45) is 5.35. The van der Waals surface area contributed by atoms with Gasteiger partial charge in [-0.1, -0.05) is 31.4 Å². The highest BCUT2D eigenvalue weighted by Crippen LogP contribution is 2.39. The molecule has 2 amide bonds. The number of fused-ring (bicyclic) bond motifs is 1. The van der Waals surface area contributed by atoms with Crippen LogP contribution in [0, 0.1) is 0 Å². The van der Waals surface area contributed by atoms with Gasteiger partial charge >= 0.3 is 0 Å². The van der Waals surface area contributed by atoms with Crippen LogP contribution in [0.15, 0.2) is 53.9 Å². The summed E-state index contributed by atoms with van der Waals surface area (Å²) in [6, 6.07) is 13.7. The summed E-state index contributed by atoms with van der Waals surface area (Å²) >= 11 is 1.51. The molecule has 1 atom stereocenters. The number of rotatable bonds is 9. The third-order valence-electron chi connectivity index (χ3n) is 7.16. The fourth-order valence-electron chi connectivity index (χ4n) is 5.23. The van der Waals surface area contributed by atoms with Gasteiger partial charge in [0.25, 0.3) is 0 Å². The summed E-state index contributed by atoms with van der Waals surface area (Å²) in [5, 5.41) is 5.19. The van der Waals surface area contributed by atoms with E-state index in [1.54, 1.807) is 43.4 Å². The van der Waals surface area contributed by atoms with Crippen LogP contribution in [0.5, 0.6) is 23.0 Å². The average molecular weight is 551 g/mol. The van der Waals surface area contributed by atoms with Crippen LogP contribution in [0.1, 0.15) is 48.6 Å². The lowest BCUT2D eigenvalue weighted by Crippen LogP contribution is -2.47. The lowest BCUT2D eigenvalue weighted by atomic mass is 9.94. The van der Waals surface area contributed by atoms with Gasteiger partial charge in [-0.05, 0) is 54.1 Å². The van der Waals surface area contributed by atoms with Gasteiger partial charge in [-0.15, -0.1) is 11.3 Å². The van der Waals surface area contributed by atoms with E-state index in [1.807, 2.05) is 29.6 Å². The van der Waals surface area contributed by atoms with Crippen molar-refractivity contribution >= 4 is 28.8 Å². The predicted octanol–water partition coefficient (Wildman–Crippen LogP) is 5.30. The average Bonchev–Trinajstić information content (AvgIpc) is 3.48. The van der Waals surface area contributed by atoms with Gasteiger partial charge in [-0.25, -0.2) is 0 Å². The van der Waals surface area contributed by atoms with Crippen LogP contribution < -0.4 is 29.2 Å². The molecule has 1 unspecified atom stereocenters. The van der Waals surface area contributed by atoms with Crippen molar-refractivity contribution < 1.29 is 28.5 Å². The Labute approximate surface area is 232 Å². The van der Waals surface area contributed by atoms with Gasteiger partial charge in [-0.3, -0.25) is 14.5 Å². The van der Waals surface area contributed by atoms with Gasteiger partial charge in [-0.2, -0.15) is 0 Å². The minimum atomic E-state index is -0.943. The maximum absolute atomic E-state index is 14.1. The fraction of sp³-hybridized carbons (Fsp3) is 0.400. The summed E-state index contributed by atoms with van der Waals surface area (Å²) in [6.45, 7) is 0.881. The van der Waals surface area contributed by atoms with Crippen LogP contribution in [0.2, 0.25) is 0 Å². The molecule has 1 saturated carbocycles. The summed E-state index contributed by atoms with van der Waals surface area (Å²) in [5.41, 5.74) is 1.18. The van der Waals surface area contributed by atoms with Crippen LogP contribution in [0.4, 0.5) is 5.69 Å². The SMILES string of the molecule is COc1ccc(C(C(=O)NC2CCCCC2)N(C(=O)Cc2cccs2)c2ccc3c(c2)OCCO3)cc1OC. The molecule has 1 aromatic heterocycles. The maximum atomic E-state index is 14.1. The molecule has 39 heavy (non-hydrogen) atoms. The standard InChI is InChI=1S/C30H34N2O6S/c1-35-24-12-10-20(17-26(24)36-2)29(30(34)31-21-7-4-3-5-8-21)32(28(33)19-23-9-6-16-39-23)22-11-13-25-27(18-22)38-15-14-37-25/h6,9-13,16-18,21,29H,3-5,7-8,14-15,19H2,1-2H3,(H,31,34). The van der Waals surface area contributed by atoms with Crippen LogP contribution in [0.3, 0.4) is 0 Å². The van der Waals surface area contributed by atoms with Gasteiger partial charge in [0, 0.05) is 22.7 Å². The lowest BCUT2D eigenvalue weighted by Gasteiger charge is -2.34. The molecule has 1 aliphatic heterocycles. The molecule has 206 valence electrons. The molecule has 0 spiro atoms. The molecular formula is C30H34N2O6S. The molecule has 1 N–H and O–H groups in total. The van der Waals surface area contributed by atoms with Crippen molar-refractivity contribution in [2.75, 3.05) is 32.3 Å². The Morgan fingerprint density at radius 2 is 1.74 bits per heavy atom. The highest BCUT2D eigenvalue weighted by molar-refractivity contribution is 7.10. The zero-order chi connectivity index (χ0) is 27.2. The van der Waals surface area contributed by atoms with Crippen molar-refractivity contribution in [3.8, 4) is 23.0 Å². The topological polar surface area (TPSA) is 86.3 Å². The van der Waals surface area contributed by atoms with E-state index in [-0.39, 0.29) is 24.3 Å². The summed E-state index contributed by atoms with van der Waals surface area (Å²) in [7, 11) is 3.12. The van der Waals surface area contributed by atoms with E-state index in [0.717, 1.165) is 30.6 Å². The van der Waals surface area contributed by atoms with E-state index < -0.39 is 6.04 Å². The molecule has 0 radical (unpaired) electrons. The molecule has 9 heteroatoms. The zero-order valence-corrected chi connectivity index (χ0v) is 23.1. The Hall–Kier alpha value is -3.72. The maximum Gasteiger partial charge on any atom is 0.248 e. The monoisotopic (exact) mass is 550 g/mol. The number of anilines is 1. The number of amides is 2.